The van der Waals surface area contributed by atoms with E-state index in [-0.39, 0.29) is 46.2 Å². The number of rotatable bonds is 2. The van der Waals surface area contributed by atoms with Crippen LogP contribution in [-0.2, 0) is 14.3 Å². The number of esters is 1. The van der Waals surface area contributed by atoms with Gasteiger partial charge in [-0.3, -0.25) is 4.79 Å². The van der Waals surface area contributed by atoms with Gasteiger partial charge in [0.15, 0.2) is 0 Å². The number of epoxide rings is 1. The number of ether oxygens (including phenoxy) is 2. The molecule has 1 N–H and O–H groups in total. The number of fused-ring (bicyclic) bond motifs is 3. The topological polar surface area (TPSA) is 89.3 Å². The third kappa shape index (κ3) is 2.54. The number of carbonyl (C=O) groups is 1. The average molecular weight is 443 g/mol. The molecule has 4 saturated carbocycles. The van der Waals surface area contributed by atoms with Gasteiger partial charge in [-0.05, 0) is 79.7 Å². The third-order valence-electron chi connectivity index (χ3n) is 10.5. The molecule has 0 radical (unpaired) electrons. The Morgan fingerprint density at radius 3 is 2.66 bits per heavy atom. The first-order valence-electron chi connectivity index (χ1n) is 12.3. The van der Waals surface area contributed by atoms with E-state index in [2.05, 4.69) is 13.8 Å². The first-order chi connectivity index (χ1) is 15.2. The van der Waals surface area contributed by atoms with Gasteiger partial charge in [-0.2, -0.15) is 0 Å². The Kier molecular flexibility index (Phi) is 4.37. The van der Waals surface area contributed by atoms with E-state index in [1.807, 2.05) is 6.07 Å². The summed E-state index contributed by atoms with van der Waals surface area (Å²) in [6.45, 7) is 6.27. The maximum Gasteiger partial charge on any atom is 0.335 e. The molecule has 0 unspecified atom stereocenters. The van der Waals surface area contributed by atoms with Crippen LogP contribution in [0.25, 0.3) is 0 Å². The number of aliphatic hydroxyl groups is 1. The zero-order valence-corrected chi connectivity index (χ0v) is 19.2. The largest absolute Gasteiger partial charge is 0.463 e. The van der Waals surface area contributed by atoms with Crippen LogP contribution in [0.1, 0.15) is 77.2 Å². The zero-order chi connectivity index (χ0) is 22.5. The summed E-state index contributed by atoms with van der Waals surface area (Å²) in [6.07, 6.45) is 8.27. The second kappa shape index (κ2) is 6.69. The van der Waals surface area contributed by atoms with E-state index in [1.54, 1.807) is 6.26 Å². The lowest BCUT2D eigenvalue weighted by Gasteiger charge is -2.61. The SMILES string of the molecule is CC(=O)O[C@H]1CC[C@@]2(C)[C@H](CC[C@@H]3[C@@H]2CC[C@]2(C)[C@@H](c4ccc(=O)oc4)[C@@H](O)[C@H]4O[C@]342)C1. The van der Waals surface area contributed by atoms with Crippen molar-refractivity contribution < 1.29 is 23.8 Å². The van der Waals surface area contributed by atoms with Crippen molar-refractivity contribution in [3.05, 3.63) is 34.4 Å². The molecular weight excluding hydrogens is 408 g/mol. The molecule has 174 valence electrons. The molecule has 1 aliphatic heterocycles. The molecular formula is C26H34O6. The molecule has 6 heteroatoms. The summed E-state index contributed by atoms with van der Waals surface area (Å²) in [4.78, 5) is 23.0. The van der Waals surface area contributed by atoms with Gasteiger partial charge in [0.25, 0.3) is 0 Å². The number of hydrogen-bond acceptors (Lipinski definition) is 6. The lowest BCUT2D eigenvalue weighted by atomic mass is 9.44. The molecule has 32 heavy (non-hydrogen) atoms. The van der Waals surface area contributed by atoms with E-state index in [0.717, 1.165) is 50.5 Å². The van der Waals surface area contributed by atoms with Gasteiger partial charge in [-0.1, -0.05) is 13.8 Å². The summed E-state index contributed by atoms with van der Waals surface area (Å²) in [7, 11) is 0. The minimum Gasteiger partial charge on any atom is -0.463 e. The molecule has 1 aromatic rings. The van der Waals surface area contributed by atoms with Crippen LogP contribution in [0.5, 0.6) is 0 Å². The van der Waals surface area contributed by atoms with Gasteiger partial charge in [0.05, 0.1) is 12.4 Å². The molecule has 1 saturated heterocycles. The van der Waals surface area contributed by atoms with E-state index in [9.17, 15) is 14.7 Å². The molecule has 1 aromatic heterocycles. The van der Waals surface area contributed by atoms with Crippen LogP contribution in [0, 0.1) is 28.6 Å². The number of hydrogen-bond donors (Lipinski definition) is 1. The zero-order valence-electron chi connectivity index (χ0n) is 19.2. The molecule has 0 amide bonds. The van der Waals surface area contributed by atoms with Gasteiger partial charge in [0, 0.05) is 24.3 Å². The first kappa shape index (κ1) is 20.9. The second-order valence-electron chi connectivity index (χ2n) is 11.6. The standard InChI is InChI=1S/C26H34O6/c1-14(27)31-17-8-10-24(2)16(12-17)5-6-19-18(24)9-11-25(3)21(15-4-7-20(28)30-13-15)22(29)23-26(19,25)32-23/h4,7,13,16-19,21-23,29H,5-6,8-12H2,1-3H3/t16-,17+,18+,19-,21+,22-,23-,24+,25-,26-/m1/s1. The minimum atomic E-state index is -0.573. The molecule has 5 fully saturated rings. The quantitative estimate of drug-likeness (QED) is 0.554. The van der Waals surface area contributed by atoms with Crippen molar-refractivity contribution in [3.8, 4) is 0 Å². The first-order valence-corrected chi connectivity index (χ1v) is 12.3. The van der Waals surface area contributed by atoms with E-state index in [4.69, 9.17) is 13.9 Å². The summed E-state index contributed by atoms with van der Waals surface area (Å²) in [5.41, 5.74) is 0.332. The van der Waals surface area contributed by atoms with E-state index in [1.165, 1.54) is 13.0 Å². The Hall–Kier alpha value is -1.66. The van der Waals surface area contributed by atoms with Crippen molar-refractivity contribution >= 4 is 5.97 Å². The number of aliphatic hydroxyl groups excluding tert-OH is 1. The van der Waals surface area contributed by atoms with Crippen LogP contribution in [-0.4, -0.2) is 35.0 Å². The molecule has 2 heterocycles. The molecule has 10 atom stereocenters. The van der Waals surface area contributed by atoms with Crippen molar-refractivity contribution in [1.29, 1.82) is 0 Å². The van der Waals surface area contributed by atoms with E-state index >= 15 is 0 Å². The van der Waals surface area contributed by atoms with Crippen molar-refractivity contribution in [1.82, 2.24) is 0 Å². The molecule has 5 aliphatic rings. The number of carbonyl (C=O) groups excluding carboxylic acids is 1. The normalized spacial score (nSPS) is 51.1. The minimum absolute atomic E-state index is 0.0597. The summed E-state index contributed by atoms with van der Waals surface area (Å²) in [5.74, 6) is 1.34. The maximum atomic E-state index is 11.5. The lowest BCUT2D eigenvalue weighted by Crippen LogP contribution is -2.58. The highest BCUT2D eigenvalue weighted by Gasteiger charge is 2.83. The van der Waals surface area contributed by atoms with Gasteiger partial charge < -0.3 is 19.0 Å². The predicted molar refractivity (Wildman–Crippen MR) is 116 cm³/mol. The summed E-state index contributed by atoms with van der Waals surface area (Å²) < 4.78 is 17.3. The van der Waals surface area contributed by atoms with Gasteiger partial charge in [0.1, 0.15) is 17.8 Å². The fourth-order valence-corrected chi connectivity index (χ4v) is 9.14. The molecule has 4 aliphatic carbocycles. The molecule has 1 spiro atoms. The third-order valence-corrected chi connectivity index (χ3v) is 10.5. The summed E-state index contributed by atoms with van der Waals surface area (Å²) in [5, 5.41) is 11.3. The average Bonchev–Trinajstić information content (AvgIpc) is 3.45. The van der Waals surface area contributed by atoms with E-state index in [0.29, 0.717) is 17.8 Å². The van der Waals surface area contributed by atoms with Crippen LogP contribution in [0.15, 0.2) is 27.6 Å². The van der Waals surface area contributed by atoms with Crippen LogP contribution in [0.2, 0.25) is 0 Å². The Morgan fingerprint density at radius 1 is 1.12 bits per heavy atom. The monoisotopic (exact) mass is 442 g/mol. The van der Waals surface area contributed by atoms with Crippen molar-refractivity contribution in [2.75, 3.05) is 0 Å². The van der Waals surface area contributed by atoms with E-state index < -0.39 is 6.10 Å². The smallest absolute Gasteiger partial charge is 0.335 e. The van der Waals surface area contributed by atoms with Gasteiger partial charge in [0.2, 0.25) is 0 Å². The molecule has 0 aromatic carbocycles. The van der Waals surface area contributed by atoms with Crippen molar-refractivity contribution in [2.45, 2.75) is 95.5 Å². The van der Waals surface area contributed by atoms with Crippen molar-refractivity contribution in [3.63, 3.8) is 0 Å². The molecule has 6 rings (SSSR count). The van der Waals surface area contributed by atoms with Crippen LogP contribution in [0.4, 0.5) is 0 Å². The highest BCUT2D eigenvalue weighted by atomic mass is 16.6. The van der Waals surface area contributed by atoms with Crippen LogP contribution < -0.4 is 5.63 Å². The Balaban J connectivity index is 1.31. The molecule has 0 bridgehead atoms. The lowest BCUT2D eigenvalue weighted by molar-refractivity contribution is -0.163. The fourth-order valence-electron chi connectivity index (χ4n) is 9.14. The van der Waals surface area contributed by atoms with Crippen molar-refractivity contribution in [2.24, 2.45) is 28.6 Å². The predicted octanol–water partition coefficient (Wildman–Crippen LogP) is 3.80. The molecule has 6 nitrogen and oxygen atoms in total. The van der Waals surface area contributed by atoms with Crippen LogP contribution in [0.3, 0.4) is 0 Å². The van der Waals surface area contributed by atoms with Gasteiger partial charge in [-0.25, -0.2) is 4.79 Å². The van der Waals surface area contributed by atoms with Crippen LogP contribution >= 0.6 is 0 Å². The Morgan fingerprint density at radius 2 is 1.94 bits per heavy atom. The fraction of sp³-hybridized carbons (Fsp3) is 0.769. The van der Waals surface area contributed by atoms with Gasteiger partial charge >= 0.3 is 11.6 Å². The summed E-state index contributed by atoms with van der Waals surface area (Å²) in [6, 6.07) is 3.28. The second-order valence-corrected chi connectivity index (χ2v) is 11.6. The summed E-state index contributed by atoms with van der Waals surface area (Å²) >= 11 is 0. The Labute approximate surface area is 188 Å². The maximum absolute atomic E-state index is 11.5. The Bertz CT molecular complexity index is 982. The highest BCUT2D eigenvalue weighted by Crippen LogP contribution is 2.77. The van der Waals surface area contributed by atoms with Gasteiger partial charge in [-0.15, -0.1) is 0 Å². The highest BCUT2D eigenvalue weighted by molar-refractivity contribution is 5.66.